The number of nitrogens with zero attached hydrogens (tertiary/aromatic N) is 4. The monoisotopic (exact) mass is 479 g/mol. The van der Waals surface area contributed by atoms with Crippen molar-refractivity contribution in [3.05, 3.63) is 65.6 Å². The highest BCUT2D eigenvalue weighted by Crippen LogP contribution is 2.45. The smallest absolute Gasteiger partial charge is 0.389 e. The number of nitrogens with one attached hydrogen (secondary N) is 1. The van der Waals surface area contributed by atoms with Gasteiger partial charge in [-0.05, 0) is 32.0 Å². The minimum Gasteiger partial charge on any atom is -0.389 e. The Bertz CT molecular complexity index is 1270. The van der Waals surface area contributed by atoms with Crippen LogP contribution in [-0.2, 0) is 12.7 Å². The standard InChI is InChI=1S/C22H18ClF4N5O/c1-21(2,33)11-32-19(22(25,26)27)13(10-31-32)18-17(20-28-7-4-8-29-20)12(9-30-18)16-14(23)5-3-6-15(16)24/h3-10,30,33H,11H2,1-2H3. The van der Waals surface area contributed by atoms with Crippen molar-refractivity contribution in [3.8, 4) is 33.8 Å². The minimum absolute atomic E-state index is 0.00145. The Hall–Kier alpha value is -3.24. The Morgan fingerprint density at radius 3 is 2.36 bits per heavy atom. The van der Waals surface area contributed by atoms with Gasteiger partial charge in [-0.15, -0.1) is 0 Å². The van der Waals surface area contributed by atoms with Crippen LogP contribution in [0.3, 0.4) is 0 Å². The van der Waals surface area contributed by atoms with Crippen LogP contribution in [0.25, 0.3) is 33.8 Å². The van der Waals surface area contributed by atoms with Crippen LogP contribution in [0.15, 0.2) is 49.1 Å². The highest BCUT2D eigenvalue weighted by atomic mass is 35.5. The first-order valence-corrected chi connectivity index (χ1v) is 10.1. The molecule has 4 rings (SSSR count). The van der Waals surface area contributed by atoms with Crippen molar-refractivity contribution in [2.45, 2.75) is 32.2 Å². The first-order chi connectivity index (χ1) is 15.5. The van der Waals surface area contributed by atoms with Crippen LogP contribution < -0.4 is 0 Å². The lowest BCUT2D eigenvalue weighted by Crippen LogP contribution is -2.29. The van der Waals surface area contributed by atoms with Gasteiger partial charge in [0.1, 0.15) is 5.82 Å². The van der Waals surface area contributed by atoms with Crippen molar-refractivity contribution < 1.29 is 22.7 Å². The van der Waals surface area contributed by atoms with E-state index < -0.39 is 29.8 Å². The lowest BCUT2D eigenvalue weighted by Gasteiger charge is -2.20. The number of aliphatic hydroxyl groups is 1. The lowest BCUT2D eigenvalue weighted by molar-refractivity contribution is -0.144. The van der Waals surface area contributed by atoms with Crippen molar-refractivity contribution >= 4 is 11.6 Å². The molecule has 33 heavy (non-hydrogen) atoms. The summed E-state index contributed by atoms with van der Waals surface area (Å²) in [5.41, 5.74) is -2.50. The Labute approximate surface area is 190 Å². The van der Waals surface area contributed by atoms with Crippen molar-refractivity contribution in [2.24, 2.45) is 0 Å². The summed E-state index contributed by atoms with van der Waals surface area (Å²) in [5.74, 6) is -0.578. The number of hydrogen-bond donors (Lipinski definition) is 2. The van der Waals surface area contributed by atoms with Crippen molar-refractivity contribution in [3.63, 3.8) is 0 Å². The molecule has 4 aromatic rings. The minimum atomic E-state index is -4.80. The molecule has 0 unspecified atom stereocenters. The van der Waals surface area contributed by atoms with Crippen LogP contribution in [0.1, 0.15) is 19.5 Å². The SMILES string of the molecule is CC(C)(O)Cn1ncc(-c2[nH]cc(-c3c(F)cccc3Cl)c2-c2ncccn2)c1C(F)(F)F. The van der Waals surface area contributed by atoms with E-state index in [0.717, 1.165) is 6.20 Å². The molecule has 6 nitrogen and oxygen atoms in total. The zero-order valence-electron chi connectivity index (χ0n) is 17.5. The third-order valence-electron chi connectivity index (χ3n) is 4.82. The highest BCUT2D eigenvalue weighted by molar-refractivity contribution is 6.33. The number of aromatic amines is 1. The topological polar surface area (TPSA) is 79.6 Å². The summed E-state index contributed by atoms with van der Waals surface area (Å²) < 4.78 is 57.8. The van der Waals surface area contributed by atoms with E-state index in [1.165, 1.54) is 50.6 Å². The molecular formula is C22H18ClF4N5O. The molecule has 0 amide bonds. The van der Waals surface area contributed by atoms with Crippen LogP contribution in [0.2, 0.25) is 5.02 Å². The fourth-order valence-electron chi connectivity index (χ4n) is 3.60. The highest BCUT2D eigenvalue weighted by Gasteiger charge is 2.40. The quantitative estimate of drug-likeness (QED) is 0.366. The molecule has 0 saturated carbocycles. The van der Waals surface area contributed by atoms with Gasteiger partial charge in [-0.1, -0.05) is 17.7 Å². The Kier molecular flexibility index (Phi) is 5.75. The van der Waals surface area contributed by atoms with Gasteiger partial charge in [0, 0.05) is 35.3 Å². The molecule has 3 aromatic heterocycles. The Morgan fingerprint density at radius 1 is 1.06 bits per heavy atom. The summed E-state index contributed by atoms with van der Waals surface area (Å²) in [5, 5.41) is 14.0. The summed E-state index contributed by atoms with van der Waals surface area (Å²) in [6.07, 6.45) is 0.452. The number of alkyl halides is 3. The second-order valence-corrected chi connectivity index (χ2v) is 8.40. The van der Waals surface area contributed by atoms with Crippen molar-refractivity contribution in [2.75, 3.05) is 0 Å². The summed E-state index contributed by atoms with van der Waals surface area (Å²) in [4.78, 5) is 11.1. The largest absolute Gasteiger partial charge is 0.433 e. The molecule has 0 bridgehead atoms. The van der Waals surface area contributed by atoms with E-state index in [-0.39, 0.29) is 38.8 Å². The first kappa shape index (κ1) is 22.9. The molecule has 0 aliphatic rings. The summed E-state index contributed by atoms with van der Waals surface area (Å²) in [6, 6.07) is 5.65. The average Bonchev–Trinajstić information content (AvgIpc) is 3.31. The van der Waals surface area contributed by atoms with E-state index in [1.54, 1.807) is 6.07 Å². The van der Waals surface area contributed by atoms with Gasteiger partial charge in [-0.25, -0.2) is 14.4 Å². The van der Waals surface area contributed by atoms with E-state index in [4.69, 9.17) is 11.6 Å². The van der Waals surface area contributed by atoms with Crippen LogP contribution in [0, 0.1) is 5.82 Å². The molecule has 0 aliphatic heterocycles. The average molecular weight is 480 g/mol. The fraction of sp³-hybridized carbons (Fsp3) is 0.227. The maximum Gasteiger partial charge on any atom is 0.433 e. The second-order valence-electron chi connectivity index (χ2n) is 8.00. The molecule has 3 heterocycles. The van der Waals surface area contributed by atoms with Crippen LogP contribution in [0.4, 0.5) is 17.6 Å². The third-order valence-corrected chi connectivity index (χ3v) is 5.13. The summed E-state index contributed by atoms with van der Waals surface area (Å²) in [6.45, 7) is 2.36. The Morgan fingerprint density at radius 2 is 1.76 bits per heavy atom. The molecular weight excluding hydrogens is 462 g/mol. The van der Waals surface area contributed by atoms with Gasteiger partial charge >= 0.3 is 6.18 Å². The number of H-pyrrole nitrogens is 1. The predicted molar refractivity (Wildman–Crippen MR) is 115 cm³/mol. The molecule has 1 aromatic carbocycles. The molecule has 0 radical (unpaired) electrons. The maximum absolute atomic E-state index is 14.7. The van der Waals surface area contributed by atoms with Gasteiger partial charge in [0.25, 0.3) is 0 Å². The van der Waals surface area contributed by atoms with Crippen molar-refractivity contribution in [1.29, 1.82) is 0 Å². The van der Waals surface area contributed by atoms with Crippen LogP contribution in [0.5, 0.6) is 0 Å². The molecule has 172 valence electrons. The maximum atomic E-state index is 14.7. The van der Waals surface area contributed by atoms with E-state index in [2.05, 4.69) is 20.1 Å². The van der Waals surface area contributed by atoms with Gasteiger partial charge in [-0.2, -0.15) is 18.3 Å². The van der Waals surface area contributed by atoms with Crippen molar-refractivity contribution in [1.82, 2.24) is 24.7 Å². The van der Waals surface area contributed by atoms with Gasteiger partial charge in [0.15, 0.2) is 11.5 Å². The summed E-state index contributed by atoms with van der Waals surface area (Å²) in [7, 11) is 0. The number of benzene rings is 1. The van der Waals surface area contributed by atoms with E-state index >= 15 is 0 Å². The Balaban J connectivity index is 2.02. The molecule has 2 N–H and O–H groups in total. The van der Waals surface area contributed by atoms with Gasteiger partial charge in [0.05, 0.1) is 34.6 Å². The predicted octanol–water partition coefficient (Wildman–Crippen LogP) is 5.58. The van der Waals surface area contributed by atoms with Gasteiger partial charge in [0.2, 0.25) is 0 Å². The first-order valence-electron chi connectivity index (χ1n) is 9.76. The van der Waals surface area contributed by atoms with E-state index in [1.807, 2.05) is 0 Å². The lowest BCUT2D eigenvalue weighted by atomic mass is 9.98. The van der Waals surface area contributed by atoms with Crippen LogP contribution in [-0.4, -0.2) is 35.4 Å². The summed E-state index contributed by atoms with van der Waals surface area (Å²) >= 11 is 6.24. The third kappa shape index (κ3) is 4.49. The van der Waals surface area contributed by atoms with Crippen LogP contribution >= 0.6 is 11.6 Å². The molecule has 0 fully saturated rings. The number of aromatic nitrogens is 5. The number of rotatable bonds is 5. The molecule has 0 atom stereocenters. The fourth-order valence-corrected chi connectivity index (χ4v) is 3.87. The van der Waals surface area contributed by atoms with Gasteiger partial charge < -0.3 is 10.1 Å². The zero-order valence-corrected chi connectivity index (χ0v) is 18.2. The van der Waals surface area contributed by atoms with E-state index in [9.17, 15) is 22.7 Å². The number of hydrogen-bond acceptors (Lipinski definition) is 4. The van der Waals surface area contributed by atoms with E-state index in [0.29, 0.717) is 4.68 Å². The normalized spacial score (nSPS) is 12.4. The molecule has 0 spiro atoms. The molecule has 0 aliphatic carbocycles. The zero-order chi connectivity index (χ0) is 24.0. The second kappa shape index (κ2) is 8.27. The molecule has 0 saturated heterocycles. The number of halogens is 5. The molecule has 11 heteroatoms. The van der Waals surface area contributed by atoms with Gasteiger partial charge in [-0.3, -0.25) is 4.68 Å².